The number of fused-ring (bicyclic) bond motifs is 2. The van der Waals surface area contributed by atoms with Gasteiger partial charge >= 0.3 is 0 Å². The van der Waals surface area contributed by atoms with Crippen LogP contribution >= 0.6 is 0 Å². The van der Waals surface area contributed by atoms with Gasteiger partial charge in [0.2, 0.25) is 5.91 Å². The van der Waals surface area contributed by atoms with Gasteiger partial charge in [0.15, 0.2) is 5.78 Å². The first-order chi connectivity index (χ1) is 11.1. The van der Waals surface area contributed by atoms with E-state index in [9.17, 15) is 14.4 Å². The molecule has 3 aromatic rings. The number of aromatic amines is 1. The third-order valence-corrected chi connectivity index (χ3v) is 4.03. The van der Waals surface area contributed by atoms with Gasteiger partial charge in [-0.15, -0.1) is 0 Å². The predicted octanol–water partition coefficient (Wildman–Crippen LogP) is 2.70. The molecular weight excluding hydrogens is 292 g/mol. The number of pyridine rings is 1. The second-order valence-electron chi connectivity index (χ2n) is 5.49. The fraction of sp³-hybridized carbons (Fsp3) is 0.0556. The fourth-order valence-electron chi connectivity index (χ4n) is 3.15. The lowest BCUT2D eigenvalue weighted by atomic mass is 9.83. The third-order valence-electron chi connectivity index (χ3n) is 4.03. The number of rotatable bonds is 1. The van der Waals surface area contributed by atoms with Gasteiger partial charge in [-0.2, -0.15) is 0 Å². The van der Waals surface area contributed by atoms with Crippen molar-refractivity contribution in [2.75, 3.05) is 5.32 Å². The number of hydrogen-bond acceptors (Lipinski definition) is 3. The lowest BCUT2D eigenvalue weighted by Gasteiger charge is -2.21. The Morgan fingerprint density at radius 3 is 2.39 bits per heavy atom. The summed E-state index contributed by atoms with van der Waals surface area (Å²) in [5.41, 5.74) is 2.70. The van der Waals surface area contributed by atoms with Gasteiger partial charge in [0.1, 0.15) is 5.69 Å². The molecule has 0 unspecified atom stereocenters. The van der Waals surface area contributed by atoms with Gasteiger partial charge in [-0.1, -0.05) is 36.4 Å². The van der Waals surface area contributed by atoms with Crippen molar-refractivity contribution in [2.45, 2.75) is 6.92 Å². The van der Waals surface area contributed by atoms with Gasteiger partial charge < -0.3 is 10.3 Å². The highest BCUT2D eigenvalue weighted by Gasteiger charge is 2.28. The van der Waals surface area contributed by atoms with Crippen LogP contribution in [0.3, 0.4) is 0 Å². The molecule has 5 heteroatoms. The Hall–Kier alpha value is -3.21. The topological polar surface area (TPSA) is 79.0 Å². The third kappa shape index (κ3) is 1.83. The first-order valence-corrected chi connectivity index (χ1v) is 7.18. The van der Waals surface area contributed by atoms with E-state index in [1.807, 2.05) is 6.07 Å². The van der Waals surface area contributed by atoms with Crippen LogP contribution in [-0.4, -0.2) is 16.7 Å². The van der Waals surface area contributed by atoms with Gasteiger partial charge in [0.25, 0.3) is 5.56 Å². The number of hydrogen-bond donors (Lipinski definition) is 2. The SMILES string of the molecule is CC(=O)Nc1c2c3c(cccc3[nH]c1=O)C(=O)c1ccccc1-2. The van der Waals surface area contributed by atoms with E-state index in [1.54, 1.807) is 36.4 Å². The van der Waals surface area contributed by atoms with Crippen LogP contribution < -0.4 is 10.9 Å². The van der Waals surface area contributed by atoms with Crippen LogP contribution in [0, 0.1) is 0 Å². The lowest BCUT2D eigenvalue weighted by Crippen LogP contribution is -2.21. The molecular formula is C18H12N2O3. The van der Waals surface area contributed by atoms with Crippen molar-refractivity contribution in [3.05, 3.63) is 63.9 Å². The minimum absolute atomic E-state index is 0.0838. The summed E-state index contributed by atoms with van der Waals surface area (Å²) in [7, 11) is 0. The Bertz CT molecular complexity index is 1060. The Balaban J connectivity index is 2.25. The molecule has 0 bridgehead atoms. The molecule has 1 heterocycles. The van der Waals surface area contributed by atoms with Crippen LogP contribution in [0.4, 0.5) is 5.69 Å². The first kappa shape index (κ1) is 13.5. The zero-order valence-corrected chi connectivity index (χ0v) is 12.3. The average molecular weight is 304 g/mol. The molecule has 5 nitrogen and oxygen atoms in total. The number of anilines is 1. The average Bonchev–Trinajstić information content (AvgIpc) is 2.53. The van der Waals surface area contributed by atoms with E-state index < -0.39 is 0 Å². The highest BCUT2D eigenvalue weighted by atomic mass is 16.2. The maximum Gasteiger partial charge on any atom is 0.272 e. The summed E-state index contributed by atoms with van der Waals surface area (Å²) in [6.45, 7) is 1.35. The van der Waals surface area contributed by atoms with Crippen LogP contribution in [0.15, 0.2) is 47.3 Å². The molecule has 0 saturated carbocycles. The van der Waals surface area contributed by atoms with Crippen molar-refractivity contribution in [3.8, 4) is 11.1 Å². The largest absolute Gasteiger partial charge is 0.321 e. The molecule has 1 amide bonds. The Morgan fingerprint density at radius 2 is 1.65 bits per heavy atom. The number of aromatic nitrogens is 1. The molecule has 1 aromatic heterocycles. The summed E-state index contributed by atoms with van der Waals surface area (Å²) in [5, 5.41) is 3.27. The van der Waals surface area contributed by atoms with Gasteiger partial charge in [0.05, 0.1) is 0 Å². The summed E-state index contributed by atoms with van der Waals surface area (Å²) in [5.74, 6) is -0.419. The van der Waals surface area contributed by atoms with Crippen LogP contribution in [0.25, 0.3) is 22.0 Å². The zero-order valence-electron chi connectivity index (χ0n) is 12.3. The molecule has 2 N–H and O–H groups in total. The molecule has 2 aromatic carbocycles. The summed E-state index contributed by atoms with van der Waals surface area (Å²) in [6, 6.07) is 12.3. The second kappa shape index (κ2) is 4.64. The monoisotopic (exact) mass is 304 g/mol. The van der Waals surface area contributed by atoms with Gasteiger partial charge in [0, 0.05) is 34.5 Å². The maximum atomic E-state index is 12.7. The van der Waals surface area contributed by atoms with E-state index in [4.69, 9.17) is 0 Å². The quantitative estimate of drug-likeness (QED) is 0.567. The number of ketones is 1. The Morgan fingerprint density at radius 1 is 0.957 bits per heavy atom. The molecule has 1 aliphatic carbocycles. The molecule has 0 fully saturated rings. The summed E-state index contributed by atoms with van der Waals surface area (Å²) >= 11 is 0. The first-order valence-electron chi connectivity index (χ1n) is 7.18. The van der Waals surface area contributed by atoms with Crippen molar-refractivity contribution >= 4 is 28.3 Å². The number of benzene rings is 2. The minimum Gasteiger partial charge on any atom is -0.321 e. The van der Waals surface area contributed by atoms with Gasteiger partial charge in [-0.25, -0.2) is 0 Å². The van der Waals surface area contributed by atoms with Crippen molar-refractivity contribution in [1.82, 2.24) is 4.98 Å². The fourth-order valence-corrected chi connectivity index (χ4v) is 3.15. The van der Waals surface area contributed by atoms with Crippen LogP contribution in [0.1, 0.15) is 22.8 Å². The van der Waals surface area contributed by atoms with E-state index in [0.717, 1.165) is 0 Å². The molecule has 0 atom stereocenters. The molecule has 0 saturated heterocycles. The Kier molecular flexibility index (Phi) is 2.72. The molecule has 4 rings (SSSR count). The van der Waals surface area contributed by atoms with E-state index >= 15 is 0 Å². The Labute approximate surface area is 131 Å². The number of H-pyrrole nitrogens is 1. The minimum atomic E-state index is -0.385. The van der Waals surface area contributed by atoms with Gasteiger partial charge in [-0.3, -0.25) is 14.4 Å². The second-order valence-corrected chi connectivity index (χ2v) is 5.49. The van der Waals surface area contributed by atoms with Crippen LogP contribution in [-0.2, 0) is 4.79 Å². The normalized spacial score (nSPS) is 12.1. The summed E-state index contributed by atoms with van der Waals surface area (Å²) < 4.78 is 0. The van der Waals surface area contributed by atoms with E-state index in [1.165, 1.54) is 6.92 Å². The van der Waals surface area contributed by atoms with Gasteiger partial charge in [-0.05, 0) is 11.6 Å². The molecule has 23 heavy (non-hydrogen) atoms. The van der Waals surface area contributed by atoms with Crippen LogP contribution in [0.5, 0.6) is 0 Å². The molecule has 0 spiro atoms. The zero-order chi connectivity index (χ0) is 16.1. The molecule has 112 valence electrons. The highest BCUT2D eigenvalue weighted by Crippen LogP contribution is 2.41. The van der Waals surface area contributed by atoms with Crippen molar-refractivity contribution < 1.29 is 9.59 Å². The van der Waals surface area contributed by atoms with E-state index in [-0.39, 0.29) is 22.9 Å². The number of nitrogens with one attached hydrogen (secondary N) is 2. The van der Waals surface area contributed by atoms with E-state index in [0.29, 0.717) is 33.2 Å². The lowest BCUT2D eigenvalue weighted by molar-refractivity contribution is -0.114. The number of amides is 1. The summed E-state index contributed by atoms with van der Waals surface area (Å²) in [4.78, 5) is 39.4. The van der Waals surface area contributed by atoms with Crippen molar-refractivity contribution in [1.29, 1.82) is 0 Å². The highest BCUT2D eigenvalue weighted by molar-refractivity contribution is 6.27. The standard InChI is InChI=1S/C18H12N2O3/c1-9(21)19-16-15-10-5-2-3-6-11(10)17(22)12-7-4-8-13(14(12)15)20-18(16)23/h2-8H,1H3,(H,19,21)(H,20,23). The summed E-state index contributed by atoms with van der Waals surface area (Å²) in [6.07, 6.45) is 0. The van der Waals surface area contributed by atoms with Crippen molar-refractivity contribution in [3.63, 3.8) is 0 Å². The predicted molar refractivity (Wildman–Crippen MR) is 87.7 cm³/mol. The molecule has 0 aliphatic heterocycles. The number of carbonyl (C=O) groups is 2. The molecule has 0 radical (unpaired) electrons. The maximum absolute atomic E-state index is 12.7. The van der Waals surface area contributed by atoms with Crippen molar-refractivity contribution in [2.24, 2.45) is 0 Å². The number of carbonyl (C=O) groups excluding carboxylic acids is 2. The van der Waals surface area contributed by atoms with Crippen LogP contribution in [0.2, 0.25) is 0 Å². The van der Waals surface area contributed by atoms with E-state index in [2.05, 4.69) is 10.3 Å². The molecule has 1 aliphatic rings. The smallest absolute Gasteiger partial charge is 0.272 e.